The Morgan fingerprint density at radius 2 is 1.68 bits per heavy atom. The number of benzene rings is 2. The number of ether oxygens (including phenoxy) is 1. The van der Waals surface area contributed by atoms with Gasteiger partial charge in [-0.3, -0.25) is 4.79 Å². The van der Waals surface area contributed by atoms with Crippen LogP contribution in [0.4, 0.5) is 18.9 Å². The van der Waals surface area contributed by atoms with Crippen molar-refractivity contribution in [2.45, 2.75) is 12.6 Å². The first kappa shape index (κ1) is 15.9. The van der Waals surface area contributed by atoms with Crippen molar-refractivity contribution >= 4 is 11.7 Å². The van der Waals surface area contributed by atoms with Crippen molar-refractivity contribution in [3.63, 3.8) is 0 Å². The molecule has 0 spiro atoms. The molecule has 2 aromatic rings. The van der Waals surface area contributed by atoms with Crippen LogP contribution in [0.3, 0.4) is 0 Å². The first-order valence-corrected chi connectivity index (χ1v) is 6.44. The summed E-state index contributed by atoms with van der Waals surface area (Å²) in [5, 5.41) is 0. The summed E-state index contributed by atoms with van der Waals surface area (Å²) in [5.74, 6) is -0.408. The van der Waals surface area contributed by atoms with Crippen molar-refractivity contribution in [1.29, 1.82) is 0 Å². The monoisotopic (exact) mass is 309 g/mol. The first-order valence-electron chi connectivity index (χ1n) is 6.44. The van der Waals surface area contributed by atoms with Crippen LogP contribution in [-0.2, 0) is 22.1 Å². The van der Waals surface area contributed by atoms with Gasteiger partial charge in [0.15, 0.2) is 0 Å². The van der Waals surface area contributed by atoms with Crippen LogP contribution in [0.5, 0.6) is 0 Å². The lowest BCUT2D eigenvalue weighted by atomic mass is 10.00. The van der Waals surface area contributed by atoms with Gasteiger partial charge in [-0.05, 0) is 34.9 Å². The van der Waals surface area contributed by atoms with E-state index in [-0.39, 0.29) is 6.42 Å². The van der Waals surface area contributed by atoms with Crippen LogP contribution in [0, 0.1) is 0 Å². The van der Waals surface area contributed by atoms with Crippen molar-refractivity contribution < 1.29 is 22.7 Å². The predicted molar refractivity (Wildman–Crippen MR) is 77.0 cm³/mol. The van der Waals surface area contributed by atoms with Crippen molar-refractivity contribution in [1.82, 2.24) is 0 Å². The maximum atomic E-state index is 12.5. The van der Waals surface area contributed by atoms with Crippen LogP contribution in [0.1, 0.15) is 11.1 Å². The number of hydrogen-bond acceptors (Lipinski definition) is 3. The first-order chi connectivity index (χ1) is 10.3. The molecule has 0 aromatic heterocycles. The smallest absolute Gasteiger partial charge is 0.416 e. The zero-order chi connectivity index (χ0) is 16.3. The SMILES string of the molecule is COC(=O)Cc1ccc(-c2ccc(C(F)(F)F)cc2)cc1N. The maximum absolute atomic E-state index is 12.5. The molecule has 3 nitrogen and oxygen atoms in total. The van der Waals surface area contributed by atoms with Crippen LogP contribution >= 0.6 is 0 Å². The summed E-state index contributed by atoms with van der Waals surface area (Å²) in [7, 11) is 1.29. The number of alkyl halides is 3. The average Bonchev–Trinajstić information content (AvgIpc) is 2.48. The lowest BCUT2D eigenvalue weighted by Crippen LogP contribution is -2.06. The summed E-state index contributed by atoms with van der Waals surface area (Å²) in [5.41, 5.74) is 7.47. The molecular weight excluding hydrogens is 295 g/mol. The van der Waals surface area contributed by atoms with Gasteiger partial charge in [0.25, 0.3) is 0 Å². The summed E-state index contributed by atoms with van der Waals surface area (Å²) in [6.07, 6.45) is -4.31. The molecule has 2 N–H and O–H groups in total. The van der Waals surface area contributed by atoms with E-state index in [9.17, 15) is 18.0 Å². The van der Waals surface area contributed by atoms with E-state index in [1.165, 1.54) is 19.2 Å². The van der Waals surface area contributed by atoms with E-state index in [1.54, 1.807) is 18.2 Å². The third-order valence-corrected chi connectivity index (χ3v) is 3.25. The fourth-order valence-electron chi connectivity index (χ4n) is 2.01. The molecule has 0 heterocycles. The minimum Gasteiger partial charge on any atom is -0.469 e. The van der Waals surface area contributed by atoms with Gasteiger partial charge in [-0.25, -0.2) is 0 Å². The molecular formula is C16H14F3NO2. The highest BCUT2D eigenvalue weighted by atomic mass is 19.4. The van der Waals surface area contributed by atoms with Crippen LogP contribution in [-0.4, -0.2) is 13.1 Å². The number of rotatable bonds is 3. The number of carbonyl (C=O) groups is 1. The Morgan fingerprint density at radius 1 is 1.09 bits per heavy atom. The quantitative estimate of drug-likeness (QED) is 0.695. The Labute approximate surface area is 125 Å². The molecule has 116 valence electrons. The van der Waals surface area contributed by atoms with Crippen LogP contribution in [0.25, 0.3) is 11.1 Å². The van der Waals surface area contributed by atoms with E-state index in [0.717, 1.165) is 12.1 Å². The normalized spacial score (nSPS) is 11.3. The number of methoxy groups -OCH3 is 1. The second-order valence-corrected chi connectivity index (χ2v) is 4.74. The molecule has 0 atom stereocenters. The molecule has 0 unspecified atom stereocenters. The topological polar surface area (TPSA) is 52.3 Å². The largest absolute Gasteiger partial charge is 0.469 e. The van der Waals surface area contributed by atoms with Gasteiger partial charge >= 0.3 is 12.1 Å². The van der Waals surface area contributed by atoms with E-state index >= 15 is 0 Å². The second-order valence-electron chi connectivity index (χ2n) is 4.74. The highest BCUT2D eigenvalue weighted by molar-refractivity contribution is 5.77. The van der Waals surface area contributed by atoms with Gasteiger partial charge < -0.3 is 10.5 Å². The Balaban J connectivity index is 2.26. The fourth-order valence-corrected chi connectivity index (χ4v) is 2.01. The standard InChI is InChI=1S/C16H14F3NO2/c1-22-15(21)9-12-3-2-11(8-14(12)20)10-4-6-13(7-5-10)16(17,18)19/h2-8H,9,20H2,1H3. The molecule has 6 heteroatoms. The number of hydrogen-bond donors (Lipinski definition) is 1. The molecule has 2 aromatic carbocycles. The van der Waals surface area contributed by atoms with E-state index in [4.69, 9.17) is 5.73 Å². The van der Waals surface area contributed by atoms with Crippen molar-refractivity contribution in [2.75, 3.05) is 12.8 Å². The molecule has 2 rings (SSSR count). The minimum atomic E-state index is -4.36. The Hall–Kier alpha value is -2.50. The zero-order valence-electron chi connectivity index (χ0n) is 11.8. The number of carbonyl (C=O) groups excluding carboxylic acids is 1. The Kier molecular flexibility index (Phi) is 4.40. The van der Waals surface area contributed by atoms with Crippen molar-refractivity contribution in [3.05, 3.63) is 53.6 Å². The van der Waals surface area contributed by atoms with E-state index in [1.807, 2.05) is 0 Å². The van der Waals surface area contributed by atoms with Crippen LogP contribution in [0.2, 0.25) is 0 Å². The van der Waals surface area contributed by atoms with Crippen molar-refractivity contribution in [3.8, 4) is 11.1 Å². The summed E-state index contributed by atoms with van der Waals surface area (Å²) in [4.78, 5) is 11.2. The lowest BCUT2D eigenvalue weighted by Gasteiger charge is -2.10. The second kappa shape index (κ2) is 6.09. The Morgan fingerprint density at radius 3 is 2.18 bits per heavy atom. The van der Waals surface area contributed by atoms with Gasteiger partial charge in [0.2, 0.25) is 0 Å². The number of anilines is 1. The highest BCUT2D eigenvalue weighted by Crippen LogP contribution is 2.31. The summed E-state index contributed by atoms with van der Waals surface area (Å²) >= 11 is 0. The van der Waals surface area contributed by atoms with E-state index in [0.29, 0.717) is 22.4 Å². The van der Waals surface area contributed by atoms with Gasteiger partial charge in [-0.2, -0.15) is 13.2 Å². The predicted octanol–water partition coefficient (Wildman–Crippen LogP) is 3.67. The van der Waals surface area contributed by atoms with Gasteiger partial charge in [0.1, 0.15) is 0 Å². The van der Waals surface area contributed by atoms with Crippen LogP contribution in [0.15, 0.2) is 42.5 Å². The average molecular weight is 309 g/mol. The number of esters is 1. The van der Waals surface area contributed by atoms with Gasteiger partial charge in [0.05, 0.1) is 19.1 Å². The number of halogens is 3. The molecule has 0 bridgehead atoms. The lowest BCUT2D eigenvalue weighted by molar-refractivity contribution is -0.140. The summed E-state index contributed by atoms with van der Waals surface area (Å²) < 4.78 is 42.2. The van der Waals surface area contributed by atoms with Gasteiger partial charge in [-0.1, -0.05) is 24.3 Å². The fraction of sp³-hybridized carbons (Fsp3) is 0.188. The molecule has 0 aliphatic rings. The summed E-state index contributed by atoms with van der Waals surface area (Å²) in [6, 6.07) is 9.81. The molecule has 0 saturated heterocycles. The third-order valence-electron chi connectivity index (χ3n) is 3.25. The van der Waals surface area contributed by atoms with Crippen molar-refractivity contribution in [2.24, 2.45) is 0 Å². The zero-order valence-corrected chi connectivity index (χ0v) is 11.8. The highest BCUT2D eigenvalue weighted by Gasteiger charge is 2.29. The number of nitrogen functional groups attached to an aromatic ring is 1. The molecule has 0 aliphatic carbocycles. The van der Waals surface area contributed by atoms with Crippen LogP contribution < -0.4 is 5.73 Å². The number of nitrogens with two attached hydrogens (primary N) is 1. The Bertz CT molecular complexity index is 679. The molecule has 0 fully saturated rings. The minimum absolute atomic E-state index is 0.0512. The van der Waals surface area contributed by atoms with Gasteiger partial charge in [0, 0.05) is 5.69 Å². The molecule has 0 saturated carbocycles. The molecule has 22 heavy (non-hydrogen) atoms. The molecule has 0 aliphatic heterocycles. The van der Waals surface area contributed by atoms with Gasteiger partial charge in [-0.15, -0.1) is 0 Å². The molecule has 0 radical (unpaired) electrons. The summed E-state index contributed by atoms with van der Waals surface area (Å²) in [6.45, 7) is 0. The molecule has 0 amide bonds. The maximum Gasteiger partial charge on any atom is 0.416 e. The van der Waals surface area contributed by atoms with E-state index in [2.05, 4.69) is 4.74 Å². The van der Waals surface area contributed by atoms with E-state index < -0.39 is 17.7 Å². The third kappa shape index (κ3) is 3.58.